The van der Waals surface area contributed by atoms with Crippen molar-refractivity contribution >= 4 is 5.91 Å². The monoisotopic (exact) mass is 285 g/mol. The minimum absolute atomic E-state index is 0.0649. The lowest BCUT2D eigenvalue weighted by Crippen LogP contribution is -2.32. The summed E-state index contributed by atoms with van der Waals surface area (Å²) in [5.41, 5.74) is 2.42. The Bertz CT molecular complexity index is 568. The van der Waals surface area contributed by atoms with E-state index >= 15 is 0 Å². The number of hydrogen-bond acceptors (Lipinski definition) is 2. The third-order valence-corrected chi connectivity index (χ3v) is 4.01. The molecule has 0 spiro atoms. The number of aliphatic hydroxyl groups is 1. The highest BCUT2D eigenvalue weighted by Gasteiger charge is 2.21. The van der Waals surface area contributed by atoms with Gasteiger partial charge in [0.15, 0.2) is 0 Å². The van der Waals surface area contributed by atoms with E-state index in [4.69, 9.17) is 5.11 Å². The molecule has 3 nitrogen and oxygen atoms in total. The number of carbonyl (C=O) groups excluding carboxylic acids is 1. The van der Waals surface area contributed by atoms with Crippen LogP contribution >= 0.6 is 0 Å². The lowest BCUT2D eigenvalue weighted by molar-refractivity contribution is 0.0760. The zero-order valence-corrected chi connectivity index (χ0v) is 12.9. The first-order chi connectivity index (χ1) is 10.1. The summed E-state index contributed by atoms with van der Waals surface area (Å²) in [6, 6.07) is 5.71. The largest absolute Gasteiger partial charge is 0.384 e. The molecule has 0 radical (unpaired) electrons. The van der Waals surface area contributed by atoms with Gasteiger partial charge >= 0.3 is 0 Å². The van der Waals surface area contributed by atoms with Crippen molar-refractivity contribution in [3.63, 3.8) is 0 Å². The molecule has 21 heavy (non-hydrogen) atoms. The first-order valence-electron chi connectivity index (χ1n) is 7.61. The third kappa shape index (κ3) is 4.09. The van der Waals surface area contributed by atoms with E-state index in [1.165, 1.54) is 6.42 Å². The van der Waals surface area contributed by atoms with Gasteiger partial charge in [-0.15, -0.1) is 0 Å². The van der Waals surface area contributed by atoms with Crippen LogP contribution in [-0.4, -0.2) is 35.6 Å². The third-order valence-electron chi connectivity index (χ3n) is 4.01. The SMILES string of the molecule is Cc1ccc(C#CCO)c(C(=O)N2CCCC(C)CC2)c1. The van der Waals surface area contributed by atoms with Crippen molar-refractivity contribution in [2.75, 3.05) is 19.7 Å². The van der Waals surface area contributed by atoms with Crippen LogP contribution in [0.5, 0.6) is 0 Å². The number of rotatable bonds is 1. The summed E-state index contributed by atoms with van der Waals surface area (Å²) in [6.07, 6.45) is 3.32. The fourth-order valence-corrected chi connectivity index (χ4v) is 2.72. The number of nitrogens with zero attached hydrogens (tertiary/aromatic N) is 1. The van der Waals surface area contributed by atoms with Crippen molar-refractivity contribution in [3.8, 4) is 11.8 Å². The Morgan fingerprint density at radius 1 is 1.38 bits per heavy atom. The van der Waals surface area contributed by atoms with Crippen molar-refractivity contribution in [3.05, 3.63) is 34.9 Å². The summed E-state index contributed by atoms with van der Waals surface area (Å²) in [5, 5.41) is 8.86. The smallest absolute Gasteiger partial charge is 0.255 e. The van der Waals surface area contributed by atoms with Crippen molar-refractivity contribution in [2.45, 2.75) is 33.1 Å². The molecule has 1 fully saturated rings. The van der Waals surface area contributed by atoms with Gasteiger partial charge in [-0.25, -0.2) is 0 Å². The van der Waals surface area contributed by atoms with Crippen LogP contribution in [0.3, 0.4) is 0 Å². The summed E-state index contributed by atoms with van der Waals surface area (Å²) in [7, 11) is 0. The highest BCUT2D eigenvalue weighted by Crippen LogP contribution is 2.20. The number of aliphatic hydroxyl groups excluding tert-OH is 1. The highest BCUT2D eigenvalue weighted by atomic mass is 16.2. The predicted octanol–water partition coefficient (Wildman–Crippen LogP) is 2.60. The maximum absolute atomic E-state index is 12.8. The van der Waals surface area contributed by atoms with Crippen LogP contribution in [-0.2, 0) is 0 Å². The molecule has 0 aromatic heterocycles. The second-order valence-corrected chi connectivity index (χ2v) is 5.84. The van der Waals surface area contributed by atoms with Gasteiger partial charge in [-0.05, 0) is 44.2 Å². The highest BCUT2D eigenvalue weighted by molar-refractivity contribution is 5.97. The van der Waals surface area contributed by atoms with Crippen molar-refractivity contribution in [1.29, 1.82) is 0 Å². The van der Waals surface area contributed by atoms with Gasteiger partial charge in [0, 0.05) is 18.7 Å². The number of carbonyl (C=O) groups is 1. The van der Waals surface area contributed by atoms with Gasteiger partial charge in [0.1, 0.15) is 6.61 Å². The molecule has 1 aliphatic rings. The molecular formula is C18H23NO2. The maximum Gasteiger partial charge on any atom is 0.255 e. The molecular weight excluding hydrogens is 262 g/mol. The normalized spacial score (nSPS) is 18.6. The average molecular weight is 285 g/mol. The first kappa shape index (κ1) is 15.6. The van der Waals surface area contributed by atoms with Gasteiger partial charge in [0.05, 0.1) is 5.56 Å². The molecule has 3 heteroatoms. The standard InChI is InChI=1S/C18H23NO2/c1-14-5-3-10-19(11-9-14)18(21)17-13-15(2)7-8-16(17)6-4-12-20/h7-8,13-14,20H,3,5,9-12H2,1-2H3. The lowest BCUT2D eigenvalue weighted by Gasteiger charge is -2.21. The van der Waals surface area contributed by atoms with Crippen molar-refractivity contribution < 1.29 is 9.90 Å². The Kier molecular flexibility index (Phi) is 5.41. The molecule has 0 bridgehead atoms. The van der Waals surface area contributed by atoms with Gasteiger partial charge in [-0.2, -0.15) is 0 Å². The van der Waals surface area contributed by atoms with Gasteiger partial charge in [0.25, 0.3) is 5.91 Å². The minimum atomic E-state index is -0.192. The minimum Gasteiger partial charge on any atom is -0.384 e. The Morgan fingerprint density at radius 2 is 2.19 bits per heavy atom. The van der Waals surface area contributed by atoms with Gasteiger partial charge in [-0.1, -0.05) is 30.4 Å². The molecule has 1 heterocycles. The van der Waals surface area contributed by atoms with Crippen molar-refractivity contribution in [1.82, 2.24) is 4.90 Å². The second-order valence-electron chi connectivity index (χ2n) is 5.84. The van der Waals surface area contributed by atoms with E-state index in [-0.39, 0.29) is 12.5 Å². The number of likely N-dealkylation sites (tertiary alicyclic amines) is 1. The number of hydrogen-bond donors (Lipinski definition) is 1. The lowest BCUT2D eigenvalue weighted by atomic mass is 10.0. The van der Waals surface area contributed by atoms with Gasteiger partial charge in [0.2, 0.25) is 0 Å². The molecule has 1 aromatic rings. The predicted molar refractivity (Wildman–Crippen MR) is 84.1 cm³/mol. The topological polar surface area (TPSA) is 40.5 Å². The Hall–Kier alpha value is -1.79. The fraction of sp³-hybridized carbons (Fsp3) is 0.500. The van der Waals surface area contributed by atoms with Gasteiger partial charge < -0.3 is 10.0 Å². The number of aryl methyl sites for hydroxylation is 1. The number of amides is 1. The molecule has 1 amide bonds. The molecule has 1 saturated heterocycles. The number of benzene rings is 1. The van der Waals surface area contributed by atoms with E-state index in [9.17, 15) is 4.79 Å². The first-order valence-corrected chi connectivity index (χ1v) is 7.61. The Labute approximate surface area is 127 Å². The van der Waals surface area contributed by atoms with E-state index < -0.39 is 0 Å². The fourth-order valence-electron chi connectivity index (χ4n) is 2.72. The maximum atomic E-state index is 12.8. The summed E-state index contributed by atoms with van der Waals surface area (Å²) >= 11 is 0. The zero-order valence-electron chi connectivity index (χ0n) is 12.9. The molecule has 1 atom stereocenters. The van der Waals surface area contributed by atoms with Crippen molar-refractivity contribution in [2.24, 2.45) is 5.92 Å². The summed E-state index contributed by atoms with van der Waals surface area (Å²) < 4.78 is 0. The molecule has 0 saturated carbocycles. The van der Waals surface area contributed by atoms with Crippen LogP contribution in [0.1, 0.15) is 47.7 Å². The Balaban J connectivity index is 2.27. The summed E-state index contributed by atoms with van der Waals surface area (Å²) in [6.45, 7) is 5.68. The molecule has 2 rings (SSSR count). The summed E-state index contributed by atoms with van der Waals surface area (Å²) in [5.74, 6) is 6.28. The molecule has 112 valence electrons. The van der Waals surface area contributed by atoms with Crippen LogP contribution in [0.4, 0.5) is 0 Å². The zero-order chi connectivity index (χ0) is 15.2. The van der Waals surface area contributed by atoms with Crippen LogP contribution in [0.15, 0.2) is 18.2 Å². The molecule has 1 unspecified atom stereocenters. The summed E-state index contributed by atoms with van der Waals surface area (Å²) in [4.78, 5) is 14.7. The molecule has 1 aliphatic heterocycles. The molecule has 1 N–H and O–H groups in total. The van der Waals surface area contributed by atoms with E-state index in [2.05, 4.69) is 18.8 Å². The van der Waals surface area contributed by atoms with Crippen LogP contribution in [0.25, 0.3) is 0 Å². The second kappa shape index (κ2) is 7.28. The van der Waals surface area contributed by atoms with E-state index in [1.807, 2.05) is 30.0 Å². The van der Waals surface area contributed by atoms with E-state index in [1.54, 1.807) is 0 Å². The quantitative estimate of drug-likeness (QED) is 0.806. The van der Waals surface area contributed by atoms with Crippen LogP contribution in [0.2, 0.25) is 0 Å². The van der Waals surface area contributed by atoms with Gasteiger partial charge in [-0.3, -0.25) is 4.79 Å². The molecule has 0 aliphatic carbocycles. The average Bonchev–Trinajstić information content (AvgIpc) is 2.70. The van der Waals surface area contributed by atoms with Crippen LogP contribution < -0.4 is 0 Å². The van der Waals surface area contributed by atoms with E-state index in [0.717, 1.165) is 31.5 Å². The molecule has 1 aromatic carbocycles. The van der Waals surface area contributed by atoms with E-state index in [0.29, 0.717) is 17.0 Å². The Morgan fingerprint density at radius 3 is 2.95 bits per heavy atom. The van der Waals surface area contributed by atoms with Crippen LogP contribution in [0, 0.1) is 24.7 Å².